The second kappa shape index (κ2) is 15.0. The summed E-state index contributed by atoms with van der Waals surface area (Å²) >= 11 is 0. The normalized spacial score (nSPS) is 12.0. The van der Waals surface area contributed by atoms with Crippen molar-refractivity contribution in [3.63, 3.8) is 0 Å². The van der Waals surface area contributed by atoms with Crippen LogP contribution < -0.4 is 0 Å². The highest BCUT2D eigenvalue weighted by Crippen LogP contribution is 2.44. The topological polar surface area (TPSA) is 48.5 Å². The van der Waals surface area contributed by atoms with Crippen molar-refractivity contribution in [2.24, 2.45) is 0 Å². The molecule has 0 bridgehead atoms. The van der Waals surface area contributed by atoms with E-state index in [-0.39, 0.29) is 0 Å². The highest BCUT2D eigenvalue weighted by Gasteiger charge is 2.24. The van der Waals surface area contributed by atoms with Crippen LogP contribution in [0.25, 0.3) is 143 Å². The van der Waals surface area contributed by atoms with Crippen molar-refractivity contribution in [3.05, 3.63) is 237 Å². The summed E-state index contributed by atoms with van der Waals surface area (Å²) in [5.74, 6) is 1.85. The minimum absolute atomic E-state index is 0.605. The first-order chi connectivity index (χ1) is 34.7. The molecule has 0 unspecified atom stereocenters. The fourth-order valence-electron chi connectivity index (χ4n) is 11.3. The molecule has 3 heterocycles. The summed E-state index contributed by atoms with van der Waals surface area (Å²) in [7, 11) is 0. The van der Waals surface area contributed by atoms with Crippen LogP contribution in [-0.4, -0.2) is 24.1 Å². The zero-order valence-corrected chi connectivity index (χ0v) is 37.8. The van der Waals surface area contributed by atoms with Crippen LogP contribution in [0.1, 0.15) is 0 Å². The van der Waals surface area contributed by atoms with E-state index in [1.807, 2.05) is 18.2 Å². The third kappa shape index (κ3) is 5.82. The number of aromatic nitrogens is 5. The molecule has 0 aliphatic heterocycles. The number of para-hydroxylation sites is 1. The Morgan fingerprint density at radius 2 is 0.800 bits per heavy atom. The Labute approximate surface area is 401 Å². The van der Waals surface area contributed by atoms with E-state index in [1.165, 1.54) is 64.9 Å². The standard InChI is InChI=1S/C65H39N5/c1-2-17-43(18-3-1)63-66-64(47-29-32-50-46(36-47)27-26-40-14-6-9-21-49(40)50)68-65(67-63)54-33-28-42-16-8-11-23-52(42)62(54)70-58-35-31-48(39-56(58)55-37-44-19-4-5-20-45(44)38-60(55)70)69-57-25-13-12-24-53(57)61-51-22-10-7-15-41(51)30-34-59(61)69/h1-39H. The molecule has 324 valence electrons. The summed E-state index contributed by atoms with van der Waals surface area (Å²) in [6.45, 7) is 0. The van der Waals surface area contributed by atoms with Crippen LogP contribution in [0.5, 0.6) is 0 Å². The van der Waals surface area contributed by atoms with Crippen LogP contribution in [0.3, 0.4) is 0 Å². The lowest BCUT2D eigenvalue weighted by atomic mass is 10.00. The molecule has 0 saturated carbocycles. The first kappa shape index (κ1) is 38.6. The quantitative estimate of drug-likeness (QED) is 0.162. The van der Waals surface area contributed by atoms with Crippen molar-refractivity contribution in [2.45, 2.75) is 0 Å². The van der Waals surface area contributed by atoms with E-state index >= 15 is 0 Å². The van der Waals surface area contributed by atoms with Crippen LogP contribution >= 0.6 is 0 Å². The van der Waals surface area contributed by atoms with E-state index in [2.05, 4.69) is 228 Å². The van der Waals surface area contributed by atoms with Crippen molar-refractivity contribution in [2.75, 3.05) is 0 Å². The molecule has 0 saturated heterocycles. The second-order valence-corrected chi connectivity index (χ2v) is 18.4. The smallest absolute Gasteiger partial charge is 0.166 e. The summed E-state index contributed by atoms with van der Waals surface area (Å²) < 4.78 is 4.90. The second-order valence-electron chi connectivity index (χ2n) is 18.4. The molecule has 0 N–H and O–H groups in total. The highest BCUT2D eigenvalue weighted by molar-refractivity contribution is 6.22. The van der Waals surface area contributed by atoms with Crippen LogP contribution in [0.2, 0.25) is 0 Å². The van der Waals surface area contributed by atoms with Crippen LogP contribution in [0.15, 0.2) is 237 Å². The molecule has 5 heteroatoms. The summed E-state index contributed by atoms with van der Waals surface area (Å²) in [6, 6.07) is 85.4. The maximum atomic E-state index is 5.44. The van der Waals surface area contributed by atoms with E-state index in [9.17, 15) is 0 Å². The van der Waals surface area contributed by atoms with Gasteiger partial charge in [-0.25, -0.2) is 15.0 Å². The van der Waals surface area contributed by atoms with Crippen molar-refractivity contribution in [3.8, 4) is 45.5 Å². The van der Waals surface area contributed by atoms with Gasteiger partial charge in [-0.3, -0.25) is 0 Å². The van der Waals surface area contributed by atoms with Crippen LogP contribution in [0.4, 0.5) is 0 Å². The van der Waals surface area contributed by atoms with Crippen molar-refractivity contribution >= 4 is 97.5 Å². The zero-order valence-electron chi connectivity index (χ0n) is 37.8. The molecule has 0 radical (unpaired) electrons. The molecule has 0 spiro atoms. The Bertz CT molecular complexity index is 4660. The van der Waals surface area contributed by atoms with Gasteiger partial charge in [0.1, 0.15) is 0 Å². The lowest BCUT2D eigenvalue weighted by molar-refractivity contribution is 1.07. The molecule has 15 rings (SSSR count). The van der Waals surface area contributed by atoms with Gasteiger partial charge in [0.05, 0.1) is 27.8 Å². The number of fused-ring (bicyclic) bond motifs is 13. The van der Waals surface area contributed by atoms with Gasteiger partial charge in [0.15, 0.2) is 17.5 Å². The fraction of sp³-hybridized carbons (Fsp3) is 0. The number of hydrogen-bond acceptors (Lipinski definition) is 3. The van der Waals surface area contributed by atoms with Gasteiger partial charge in [-0.2, -0.15) is 0 Å². The van der Waals surface area contributed by atoms with Gasteiger partial charge < -0.3 is 9.13 Å². The van der Waals surface area contributed by atoms with Gasteiger partial charge in [0.25, 0.3) is 0 Å². The molecule has 12 aromatic carbocycles. The molecule has 0 fully saturated rings. The SMILES string of the molecule is c1ccc(-c2nc(-c3ccc4c(ccc5ccccc54)c3)nc(-c3ccc4ccccc4c3-n3c4ccc(-n5c6ccccc6c6c7ccccc7ccc65)cc4c4cc5ccccc5cc43)n2)cc1. The van der Waals surface area contributed by atoms with E-state index in [4.69, 9.17) is 15.0 Å². The predicted molar refractivity (Wildman–Crippen MR) is 292 cm³/mol. The summed E-state index contributed by atoms with van der Waals surface area (Å²) in [4.78, 5) is 16.0. The maximum Gasteiger partial charge on any atom is 0.166 e. The Balaban J connectivity index is 1.01. The zero-order chi connectivity index (χ0) is 45.9. The molecule has 15 aromatic rings. The molecule has 0 atom stereocenters. The van der Waals surface area contributed by atoms with Gasteiger partial charge in [0.2, 0.25) is 0 Å². The molecular formula is C65H39N5. The van der Waals surface area contributed by atoms with E-state index in [1.54, 1.807) is 0 Å². The minimum Gasteiger partial charge on any atom is -0.309 e. The van der Waals surface area contributed by atoms with E-state index in [0.717, 1.165) is 60.6 Å². The van der Waals surface area contributed by atoms with Crippen LogP contribution in [-0.2, 0) is 0 Å². The summed E-state index contributed by atoms with van der Waals surface area (Å²) in [6.07, 6.45) is 0. The van der Waals surface area contributed by atoms with E-state index in [0.29, 0.717) is 17.5 Å². The van der Waals surface area contributed by atoms with Gasteiger partial charge in [-0.15, -0.1) is 0 Å². The average molecular weight is 890 g/mol. The highest BCUT2D eigenvalue weighted by atomic mass is 15.1. The largest absolute Gasteiger partial charge is 0.309 e. The van der Waals surface area contributed by atoms with Gasteiger partial charge >= 0.3 is 0 Å². The van der Waals surface area contributed by atoms with Crippen LogP contribution in [0, 0.1) is 0 Å². The molecule has 0 aliphatic rings. The van der Waals surface area contributed by atoms with Gasteiger partial charge in [-0.05, 0) is 103 Å². The van der Waals surface area contributed by atoms with E-state index < -0.39 is 0 Å². The third-order valence-corrected chi connectivity index (χ3v) is 14.5. The van der Waals surface area contributed by atoms with Gasteiger partial charge in [-0.1, -0.05) is 182 Å². The lowest BCUT2D eigenvalue weighted by Gasteiger charge is -2.18. The Morgan fingerprint density at radius 1 is 0.257 bits per heavy atom. The molecule has 5 nitrogen and oxygen atoms in total. The maximum absolute atomic E-state index is 5.44. The first-order valence-electron chi connectivity index (χ1n) is 23.8. The molecule has 3 aromatic heterocycles. The fourth-order valence-corrected chi connectivity index (χ4v) is 11.3. The number of rotatable bonds is 5. The summed E-state index contributed by atoms with van der Waals surface area (Å²) in [5.41, 5.74) is 9.46. The molecule has 70 heavy (non-hydrogen) atoms. The first-order valence-corrected chi connectivity index (χ1v) is 23.8. The molecule has 0 aliphatic carbocycles. The lowest BCUT2D eigenvalue weighted by Crippen LogP contribution is -2.04. The number of nitrogens with zero attached hydrogens (tertiary/aromatic N) is 5. The van der Waals surface area contributed by atoms with Crippen molar-refractivity contribution < 1.29 is 0 Å². The minimum atomic E-state index is 0.605. The Hall–Kier alpha value is -9.45. The molecular weight excluding hydrogens is 851 g/mol. The molecule has 0 amide bonds. The van der Waals surface area contributed by atoms with Crippen molar-refractivity contribution in [1.82, 2.24) is 24.1 Å². The monoisotopic (exact) mass is 889 g/mol. The third-order valence-electron chi connectivity index (χ3n) is 14.5. The Kier molecular flexibility index (Phi) is 8.29. The average Bonchev–Trinajstić information content (AvgIpc) is 3.94. The van der Waals surface area contributed by atoms with Gasteiger partial charge in [0, 0.05) is 49.3 Å². The Morgan fingerprint density at radius 3 is 1.61 bits per heavy atom. The van der Waals surface area contributed by atoms with Crippen molar-refractivity contribution in [1.29, 1.82) is 0 Å². The summed E-state index contributed by atoms with van der Waals surface area (Å²) in [5, 5.41) is 16.7. The number of benzene rings is 12. The number of hydrogen-bond donors (Lipinski definition) is 0. The predicted octanol–water partition coefficient (Wildman–Crippen LogP) is 16.8.